The van der Waals surface area contributed by atoms with Crippen molar-refractivity contribution in [3.05, 3.63) is 87.9 Å². The van der Waals surface area contributed by atoms with Gasteiger partial charge < -0.3 is 10.6 Å². The zero-order chi connectivity index (χ0) is 16.9. The lowest BCUT2D eigenvalue weighted by atomic mass is 10.1. The molecule has 1 heterocycles. The van der Waals surface area contributed by atoms with Gasteiger partial charge in [0.25, 0.3) is 0 Å². The number of benzene rings is 2. The molecule has 2 N–H and O–H groups in total. The Morgan fingerprint density at radius 1 is 1.08 bits per heavy atom. The van der Waals surface area contributed by atoms with E-state index in [2.05, 4.69) is 10.6 Å². The van der Waals surface area contributed by atoms with E-state index < -0.39 is 0 Å². The summed E-state index contributed by atoms with van der Waals surface area (Å²) < 4.78 is 13.2. The predicted octanol–water partition coefficient (Wildman–Crippen LogP) is 5.11. The van der Waals surface area contributed by atoms with Gasteiger partial charge in [-0.25, -0.2) is 9.18 Å². The second-order valence-corrected chi connectivity index (χ2v) is 6.45. The van der Waals surface area contributed by atoms with Crippen molar-refractivity contribution >= 4 is 23.1 Å². The van der Waals surface area contributed by atoms with Crippen molar-refractivity contribution in [1.82, 2.24) is 5.32 Å². The number of hydrogen-bond donors (Lipinski definition) is 2. The van der Waals surface area contributed by atoms with Gasteiger partial charge in [-0.1, -0.05) is 30.3 Å². The molecule has 0 fully saturated rings. The molecule has 0 aliphatic rings. The Balaban J connectivity index is 1.79. The first-order chi connectivity index (χ1) is 11.6. The molecule has 0 spiro atoms. The highest BCUT2D eigenvalue weighted by molar-refractivity contribution is 7.10. The summed E-state index contributed by atoms with van der Waals surface area (Å²) in [6.07, 6.45) is 0. The second kappa shape index (κ2) is 7.27. The standard InChI is InChI=1S/C19H17FN2OS/c1-13-4-2-5-16(12-13)21-19(23)22-18(17-6-3-11-24-17)14-7-9-15(20)10-8-14/h2-12,18H,1H3,(H2,21,22,23)/t18-/m0/s1. The summed E-state index contributed by atoms with van der Waals surface area (Å²) >= 11 is 1.54. The molecule has 1 aromatic heterocycles. The van der Waals surface area contributed by atoms with Crippen LogP contribution in [0.5, 0.6) is 0 Å². The third kappa shape index (κ3) is 4.00. The minimum Gasteiger partial charge on any atom is -0.326 e. The zero-order valence-corrected chi connectivity index (χ0v) is 13.9. The van der Waals surface area contributed by atoms with E-state index in [1.165, 1.54) is 12.1 Å². The average molecular weight is 340 g/mol. The fourth-order valence-electron chi connectivity index (χ4n) is 2.45. The van der Waals surface area contributed by atoms with Gasteiger partial charge in [-0.05, 0) is 53.8 Å². The van der Waals surface area contributed by atoms with Crippen LogP contribution in [0.2, 0.25) is 0 Å². The van der Waals surface area contributed by atoms with Crippen LogP contribution in [0, 0.1) is 12.7 Å². The normalized spacial score (nSPS) is 11.8. The van der Waals surface area contributed by atoms with Crippen molar-refractivity contribution in [3.63, 3.8) is 0 Å². The molecule has 3 aromatic rings. The van der Waals surface area contributed by atoms with Crippen LogP contribution < -0.4 is 10.6 Å². The Morgan fingerprint density at radius 3 is 2.54 bits per heavy atom. The number of aryl methyl sites for hydroxylation is 1. The maximum absolute atomic E-state index is 13.2. The van der Waals surface area contributed by atoms with E-state index in [0.717, 1.165) is 21.7 Å². The monoisotopic (exact) mass is 340 g/mol. The Hall–Kier alpha value is -2.66. The molecule has 0 unspecified atom stereocenters. The van der Waals surface area contributed by atoms with Gasteiger partial charge in [-0.15, -0.1) is 11.3 Å². The maximum atomic E-state index is 13.2. The van der Waals surface area contributed by atoms with Gasteiger partial charge in [0, 0.05) is 10.6 Å². The van der Waals surface area contributed by atoms with Crippen LogP contribution >= 0.6 is 11.3 Å². The van der Waals surface area contributed by atoms with Gasteiger partial charge in [-0.2, -0.15) is 0 Å². The molecule has 0 aliphatic carbocycles. The van der Waals surface area contributed by atoms with E-state index in [0.29, 0.717) is 0 Å². The third-order valence-corrected chi connectivity index (χ3v) is 4.52. The molecule has 0 aliphatic heterocycles. The van der Waals surface area contributed by atoms with Gasteiger partial charge in [-0.3, -0.25) is 0 Å². The van der Waals surface area contributed by atoms with Crippen molar-refractivity contribution in [3.8, 4) is 0 Å². The second-order valence-electron chi connectivity index (χ2n) is 5.47. The fourth-order valence-corrected chi connectivity index (χ4v) is 3.25. The summed E-state index contributed by atoms with van der Waals surface area (Å²) in [6.45, 7) is 1.97. The van der Waals surface area contributed by atoms with Crippen molar-refractivity contribution in [2.45, 2.75) is 13.0 Å². The molecule has 0 saturated carbocycles. The Morgan fingerprint density at radius 2 is 1.88 bits per heavy atom. The number of halogens is 1. The van der Waals surface area contributed by atoms with Gasteiger partial charge in [0.15, 0.2) is 0 Å². The molecular formula is C19H17FN2OS. The van der Waals surface area contributed by atoms with Crippen molar-refractivity contribution in [1.29, 1.82) is 0 Å². The molecule has 5 heteroatoms. The molecule has 3 nitrogen and oxygen atoms in total. The quantitative estimate of drug-likeness (QED) is 0.681. The van der Waals surface area contributed by atoms with Crippen LogP contribution in [0.4, 0.5) is 14.9 Å². The summed E-state index contributed by atoms with van der Waals surface area (Å²) in [6, 6.07) is 17.0. The van der Waals surface area contributed by atoms with E-state index in [1.807, 2.05) is 48.7 Å². The zero-order valence-electron chi connectivity index (χ0n) is 13.1. The van der Waals surface area contributed by atoms with E-state index in [9.17, 15) is 9.18 Å². The number of anilines is 1. The van der Waals surface area contributed by atoms with Gasteiger partial charge in [0.05, 0.1) is 6.04 Å². The average Bonchev–Trinajstić information content (AvgIpc) is 3.08. The van der Waals surface area contributed by atoms with Crippen LogP contribution in [-0.4, -0.2) is 6.03 Å². The molecule has 24 heavy (non-hydrogen) atoms. The molecule has 2 aromatic carbocycles. The Bertz CT molecular complexity index is 816. The first kappa shape index (κ1) is 16.2. The number of amides is 2. The smallest absolute Gasteiger partial charge is 0.320 e. The van der Waals surface area contributed by atoms with E-state index >= 15 is 0 Å². The number of rotatable bonds is 4. The topological polar surface area (TPSA) is 41.1 Å². The summed E-state index contributed by atoms with van der Waals surface area (Å²) in [7, 11) is 0. The van der Waals surface area contributed by atoms with E-state index in [4.69, 9.17) is 0 Å². The molecule has 1 atom stereocenters. The molecule has 0 bridgehead atoms. The molecule has 2 amide bonds. The van der Waals surface area contributed by atoms with Gasteiger partial charge in [0.1, 0.15) is 5.82 Å². The highest BCUT2D eigenvalue weighted by Crippen LogP contribution is 2.26. The molecule has 122 valence electrons. The lowest BCUT2D eigenvalue weighted by molar-refractivity contribution is 0.250. The number of carbonyl (C=O) groups is 1. The number of urea groups is 1. The van der Waals surface area contributed by atoms with Gasteiger partial charge in [0.2, 0.25) is 0 Å². The summed E-state index contributed by atoms with van der Waals surface area (Å²) in [4.78, 5) is 13.4. The number of thiophene rings is 1. The van der Waals surface area contributed by atoms with Crippen molar-refractivity contribution in [2.24, 2.45) is 0 Å². The van der Waals surface area contributed by atoms with E-state index in [1.54, 1.807) is 23.5 Å². The lowest BCUT2D eigenvalue weighted by Crippen LogP contribution is -2.32. The number of hydrogen-bond acceptors (Lipinski definition) is 2. The highest BCUT2D eigenvalue weighted by Gasteiger charge is 2.18. The largest absolute Gasteiger partial charge is 0.326 e. The lowest BCUT2D eigenvalue weighted by Gasteiger charge is -2.18. The first-order valence-corrected chi connectivity index (χ1v) is 8.43. The number of carbonyl (C=O) groups excluding carboxylic acids is 1. The first-order valence-electron chi connectivity index (χ1n) is 7.55. The van der Waals surface area contributed by atoms with E-state index in [-0.39, 0.29) is 17.9 Å². The molecule has 3 rings (SSSR count). The predicted molar refractivity (Wildman–Crippen MR) is 95.9 cm³/mol. The van der Waals surface area contributed by atoms with Crippen LogP contribution in [0.1, 0.15) is 22.0 Å². The minimum absolute atomic E-state index is 0.298. The molecular weight excluding hydrogens is 323 g/mol. The highest BCUT2D eigenvalue weighted by atomic mass is 32.1. The van der Waals surface area contributed by atoms with Crippen LogP contribution in [0.25, 0.3) is 0 Å². The third-order valence-electron chi connectivity index (χ3n) is 3.58. The minimum atomic E-state index is -0.324. The number of nitrogens with one attached hydrogen (secondary N) is 2. The van der Waals surface area contributed by atoms with Crippen LogP contribution in [0.3, 0.4) is 0 Å². The summed E-state index contributed by atoms with van der Waals surface area (Å²) in [5.74, 6) is -0.298. The molecule has 0 saturated heterocycles. The van der Waals surface area contributed by atoms with Gasteiger partial charge >= 0.3 is 6.03 Å². The summed E-state index contributed by atoms with van der Waals surface area (Å²) in [5.41, 5.74) is 2.64. The van der Waals surface area contributed by atoms with Crippen LogP contribution in [-0.2, 0) is 0 Å². The van der Waals surface area contributed by atoms with Crippen molar-refractivity contribution in [2.75, 3.05) is 5.32 Å². The SMILES string of the molecule is Cc1cccc(NC(=O)N[C@@H](c2ccc(F)cc2)c2cccs2)c1. The fraction of sp³-hybridized carbons (Fsp3) is 0.105. The van der Waals surface area contributed by atoms with Crippen LogP contribution in [0.15, 0.2) is 66.0 Å². The van der Waals surface area contributed by atoms with Crippen molar-refractivity contribution < 1.29 is 9.18 Å². The maximum Gasteiger partial charge on any atom is 0.320 e. The Labute approximate surface area is 144 Å². The summed E-state index contributed by atoms with van der Waals surface area (Å²) in [5, 5.41) is 7.75. The Kier molecular flexibility index (Phi) is 4.91. The molecule has 0 radical (unpaired) electrons.